The summed E-state index contributed by atoms with van der Waals surface area (Å²) in [4.78, 5) is 21.7. The highest BCUT2D eigenvalue weighted by Crippen LogP contribution is 2.47. The Kier molecular flexibility index (Phi) is 6.64. The van der Waals surface area contributed by atoms with Crippen LogP contribution in [0.2, 0.25) is 5.02 Å². The van der Waals surface area contributed by atoms with Gasteiger partial charge in [0, 0.05) is 11.1 Å². The Morgan fingerprint density at radius 2 is 1.85 bits per heavy atom. The molecule has 0 aliphatic carbocycles. The molecule has 40 heavy (non-hydrogen) atoms. The molecule has 16 heteroatoms. The van der Waals surface area contributed by atoms with Crippen molar-refractivity contribution in [2.24, 2.45) is 0 Å². The molecule has 0 amide bonds. The average molecular weight is 583 g/mol. The Hall–Kier alpha value is -4.27. The van der Waals surface area contributed by atoms with Crippen LogP contribution in [0.5, 0.6) is 11.9 Å². The van der Waals surface area contributed by atoms with Crippen LogP contribution < -0.4 is 25.8 Å². The van der Waals surface area contributed by atoms with Crippen LogP contribution in [0.25, 0.3) is 22.2 Å². The fourth-order valence-electron chi connectivity index (χ4n) is 4.64. The molecular formula is C24H20ClF5N8O2. The summed E-state index contributed by atoms with van der Waals surface area (Å²) in [6.45, 7) is 2.79. The fraction of sp³-hybridized carbons (Fsp3) is 0.292. The Balaban J connectivity index is 1.83. The van der Waals surface area contributed by atoms with Gasteiger partial charge in [-0.25, -0.2) is 23.7 Å². The van der Waals surface area contributed by atoms with E-state index in [0.717, 1.165) is 13.1 Å². The molecule has 5 rings (SSSR count). The van der Waals surface area contributed by atoms with E-state index in [2.05, 4.69) is 24.9 Å². The van der Waals surface area contributed by atoms with Crippen LogP contribution in [0.1, 0.15) is 29.8 Å². The zero-order chi connectivity index (χ0) is 29.1. The van der Waals surface area contributed by atoms with Gasteiger partial charge in [0.1, 0.15) is 46.5 Å². The molecule has 0 saturated heterocycles. The summed E-state index contributed by atoms with van der Waals surface area (Å²) < 4.78 is 83.7. The number of nitrogens with zero attached hydrogens (tertiary/aromatic N) is 6. The minimum Gasteiger partial charge on any atom is -0.475 e. The van der Waals surface area contributed by atoms with Crippen molar-refractivity contribution in [3.05, 3.63) is 45.7 Å². The molecule has 1 atom stereocenters. The van der Waals surface area contributed by atoms with Gasteiger partial charge in [0.2, 0.25) is 5.88 Å². The SMILES string of the molecule is COc1nc2c3c(nc(-c4c(Cl)c(N)nc(C)c4C(F)(F)F)c(F)c3n1)OCCN2C(C)c1cc(F)cnc1N. The first kappa shape index (κ1) is 27.3. The molecule has 0 aromatic carbocycles. The molecule has 1 aliphatic rings. The van der Waals surface area contributed by atoms with Crippen molar-refractivity contribution in [3.8, 4) is 23.1 Å². The maximum absolute atomic E-state index is 16.3. The monoisotopic (exact) mass is 582 g/mol. The van der Waals surface area contributed by atoms with Crippen molar-refractivity contribution in [1.82, 2.24) is 24.9 Å². The summed E-state index contributed by atoms with van der Waals surface area (Å²) in [5.41, 5.74) is 8.14. The number of aromatic nitrogens is 5. The summed E-state index contributed by atoms with van der Waals surface area (Å²) in [6, 6.07) is 0.229. The highest BCUT2D eigenvalue weighted by Gasteiger charge is 2.40. The Morgan fingerprint density at radius 1 is 1.12 bits per heavy atom. The second kappa shape index (κ2) is 9.73. The van der Waals surface area contributed by atoms with Gasteiger partial charge in [0.25, 0.3) is 0 Å². The number of anilines is 3. The molecule has 210 valence electrons. The van der Waals surface area contributed by atoms with Gasteiger partial charge in [-0.1, -0.05) is 11.6 Å². The smallest absolute Gasteiger partial charge is 0.418 e. The molecule has 0 fully saturated rings. The summed E-state index contributed by atoms with van der Waals surface area (Å²) >= 11 is 6.18. The van der Waals surface area contributed by atoms with Gasteiger partial charge < -0.3 is 25.8 Å². The molecular weight excluding hydrogens is 563 g/mol. The van der Waals surface area contributed by atoms with E-state index in [1.54, 1.807) is 11.8 Å². The van der Waals surface area contributed by atoms with Gasteiger partial charge >= 0.3 is 12.2 Å². The van der Waals surface area contributed by atoms with Crippen LogP contribution in [0, 0.1) is 18.6 Å². The number of rotatable bonds is 4. The Bertz CT molecular complexity index is 1670. The Labute approximate surface area is 228 Å². The number of hydrogen-bond acceptors (Lipinski definition) is 10. The third kappa shape index (κ3) is 4.39. The lowest BCUT2D eigenvalue weighted by Crippen LogP contribution is -2.31. The molecule has 5 heterocycles. The molecule has 0 saturated carbocycles. The molecule has 0 spiro atoms. The maximum Gasteiger partial charge on any atom is 0.418 e. The first-order valence-electron chi connectivity index (χ1n) is 11.6. The molecule has 4 aromatic heterocycles. The van der Waals surface area contributed by atoms with Crippen molar-refractivity contribution < 1.29 is 31.4 Å². The third-order valence-electron chi connectivity index (χ3n) is 6.44. The highest BCUT2D eigenvalue weighted by atomic mass is 35.5. The second-order valence-electron chi connectivity index (χ2n) is 8.83. The lowest BCUT2D eigenvalue weighted by atomic mass is 10.0. The largest absolute Gasteiger partial charge is 0.475 e. The number of pyridine rings is 3. The number of aryl methyl sites for hydroxylation is 1. The molecule has 4 N–H and O–H groups in total. The Morgan fingerprint density at radius 3 is 2.52 bits per heavy atom. The zero-order valence-corrected chi connectivity index (χ0v) is 21.8. The second-order valence-corrected chi connectivity index (χ2v) is 9.21. The number of hydrogen-bond donors (Lipinski definition) is 2. The van der Waals surface area contributed by atoms with Crippen LogP contribution in [-0.4, -0.2) is 45.2 Å². The average Bonchev–Trinajstić information content (AvgIpc) is 3.07. The van der Waals surface area contributed by atoms with Crippen LogP contribution >= 0.6 is 11.6 Å². The van der Waals surface area contributed by atoms with Crippen LogP contribution in [0.4, 0.5) is 39.4 Å². The van der Waals surface area contributed by atoms with E-state index in [1.165, 1.54) is 13.2 Å². The minimum atomic E-state index is -4.98. The quantitative estimate of drug-likeness (QED) is 0.320. The van der Waals surface area contributed by atoms with Gasteiger partial charge in [-0.05, 0) is 19.9 Å². The standard InChI is InChI=1S/C24H20ClF5N8O2/c1-8-14(24(28,29)30)12(15(25)20(32)34-8)17-16(27)18-13-21(37-23(36-18)39-3)38(4-5-40-22(13)35-17)9(2)11-6-10(26)7-33-19(11)31/h6-7,9H,4-5H2,1-3H3,(H2,31,33)(H2,32,34). The van der Waals surface area contributed by atoms with Crippen LogP contribution in [0.3, 0.4) is 0 Å². The van der Waals surface area contributed by atoms with E-state index >= 15 is 4.39 Å². The van der Waals surface area contributed by atoms with Crippen molar-refractivity contribution in [1.29, 1.82) is 0 Å². The summed E-state index contributed by atoms with van der Waals surface area (Å²) in [5.74, 6) is -2.48. The van der Waals surface area contributed by atoms with Gasteiger partial charge in [-0.2, -0.15) is 23.1 Å². The predicted octanol–water partition coefficient (Wildman–Crippen LogP) is 4.87. The van der Waals surface area contributed by atoms with E-state index in [9.17, 15) is 17.6 Å². The molecule has 4 aromatic rings. The zero-order valence-electron chi connectivity index (χ0n) is 21.1. The van der Waals surface area contributed by atoms with Gasteiger partial charge in [0.15, 0.2) is 5.82 Å². The summed E-state index contributed by atoms with van der Waals surface area (Å²) in [6.07, 6.45) is -4.02. The van der Waals surface area contributed by atoms with E-state index in [4.69, 9.17) is 32.5 Å². The number of nitrogens with two attached hydrogens (primary N) is 2. The van der Waals surface area contributed by atoms with Crippen molar-refractivity contribution in [3.63, 3.8) is 0 Å². The summed E-state index contributed by atoms with van der Waals surface area (Å²) in [7, 11) is 1.23. The fourth-order valence-corrected chi connectivity index (χ4v) is 4.86. The van der Waals surface area contributed by atoms with Crippen molar-refractivity contribution in [2.75, 3.05) is 36.6 Å². The van der Waals surface area contributed by atoms with E-state index in [0.29, 0.717) is 5.56 Å². The van der Waals surface area contributed by atoms with Gasteiger partial charge in [-0.15, -0.1) is 0 Å². The molecule has 1 aliphatic heterocycles. The predicted molar refractivity (Wildman–Crippen MR) is 136 cm³/mol. The van der Waals surface area contributed by atoms with Gasteiger partial charge in [-0.3, -0.25) is 0 Å². The molecule has 0 bridgehead atoms. The molecule has 10 nitrogen and oxygen atoms in total. The number of halogens is 6. The van der Waals surface area contributed by atoms with Gasteiger partial charge in [0.05, 0.1) is 42.2 Å². The maximum atomic E-state index is 16.3. The highest BCUT2D eigenvalue weighted by molar-refractivity contribution is 6.35. The first-order chi connectivity index (χ1) is 18.8. The van der Waals surface area contributed by atoms with Crippen LogP contribution in [0.15, 0.2) is 12.3 Å². The number of methoxy groups -OCH3 is 1. The summed E-state index contributed by atoms with van der Waals surface area (Å²) in [5, 5.41) is -0.701. The normalized spacial score (nSPS) is 14.2. The van der Waals surface area contributed by atoms with E-state index < -0.39 is 62.7 Å². The molecule has 1 unspecified atom stereocenters. The van der Waals surface area contributed by atoms with E-state index in [-0.39, 0.29) is 42.1 Å². The van der Waals surface area contributed by atoms with Crippen molar-refractivity contribution >= 4 is 40.0 Å². The van der Waals surface area contributed by atoms with E-state index in [1.807, 2.05) is 0 Å². The number of ether oxygens (including phenoxy) is 2. The lowest BCUT2D eigenvalue weighted by Gasteiger charge is -2.30. The van der Waals surface area contributed by atoms with Crippen molar-refractivity contribution in [2.45, 2.75) is 26.1 Å². The number of alkyl halides is 3. The molecule has 0 radical (unpaired) electrons. The topological polar surface area (TPSA) is 138 Å². The number of nitrogen functional groups attached to an aromatic ring is 2. The lowest BCUT2D eigenvalue weighted by molar-refractivity contribution is -0.137. The minimum absolute atomic E-state index is 0.0520. The third-order valence-corrected chi connectivity index (χ3v) is 6.82. The first-order valence-corrected chi connectivity index (χ1v) is 12.0. The van der Waals surface area contributed by atoms with Crippen LogP contribution in [-0.2, 0) is 6.18 Å².